The first-order valence-electron chi connectivity index (χ1n) is 8.11. The van der Waals surface area contributed by atoms with Crippen LogP contribution in [-0.4, -0.2) is 48.6 Å². The van der Waals surface area contributed by atoms with E-state index in [1.807, 2.05) is 29.2 Å². The first kappa shape index (κ1) is 16.7. The predicted molar refractivity (Wildman–Crippen MR) is 95.2 cm³/mol. The minimum atomic E-state index is -0.277. The monoisotopic (exact) mass is 428 g/mol. The third-order valence-electron chi connectivity index (χ3n) is 4.45. The molecule has 1 unspecified atom stereocenters. The zero-order valence-corrected chi connectivity index (χ0v) is 15.1. The highest BCUT2D eigenvalue weighted by Crippen LogP contribution is 2.19. The molecule has 0 spiro atoms. The first-order valence-corrected chi connectivity index (χ1v) is 9.19. The van der Waals surface area contributed by atoms with Crippen LogP contribution in [0.1, 0.15) is 36.0 Å². The van der Waals surface area contributed by atoms with Crippen LogP contribution < -0.4 is 5.32 Å². The number of hydrogen-bond donors (Lipinski definition) is 1. The number of carbonyl (C=O) groups excluding carboxylic acids is 2. The smallest absolute Gasteiger partial charge is 0.254 e. The van der Waals surface area contributed by atoms with E-state index in [0.717, 1.165) is 34.8 Å². The molecular weight excluding hydrogens is 407 g/mol. The van der Waals surface area contributed by atoms with Gasteiger partial charge in [0.2, 0.25) is 5.91 Å². The van der Waals surface area contributed by atoms with E-state index in [-0.39, 0.29) is 24.0 Å². The Kier molecular flexibility index (Phi) is 5.53. The van der Waals surface area contributed by atoms with Crippen LogP contribution in [0.4, 0.5) is 0 Å². The molecule has 2 fully saturated rings. The molecule has 0 aliphatic carbocycles. The molecule has 2 heterocycles. The lowest BCUT2D eigenvalue weighted by Crippen LogP contribution is -2.48. The molecule has 2 amide bonds. The Morgan fingerprint density at radius 2 is 1.91 bits per heavy atom. The molecule has 2 saturated heterocycles. The summed E-state index contributed by atoms with van der Waals surface area (Å²) in [7, 11) is 0. The van der Waals surface area contributed by atoms with Crippen LogP contribution in [0.3, 0.4) is 0 Å². The average molecular weight is 428 g/mol. The second kappa shape index (κ2) is 7.61. The second-order valence-corrected chi connectivity index (χ2v) is 7.22. The van der Waals surface area contributed by atoms with Gasteiger partial charge in [0.05, 0.1) is 5.56 Å². The maximum atomic E-state index is 12.6. The Morgan fingerprint density at radius 1 is 1.17 bits per heavy atom. The molecule has 1 N–H and O–H groups in total. The van der Waals surface area contributed by atoms with Crippen molar-refractivity contribution < 1.29 is 14.3 Å². The predicted octanol–water partition coefficient (Wildman–Crippen LogP) is 2.19. The molecule has 1 atom stereocenters. The zero-order chi connectivity index (χ0) is 16.2. The third-order valence-corrected chi connectivity index (χ3v) is 5.40. The maximum Gasteiger partial charge on any atom is 0.254 e. The van der Waals surface area contributed by atoms with E-state index in [1.54, 1.807) is 0 Å². The molecule has 2 aliphatic rings. The van der Waals surface area contributed by atoms with E-state index in [1.165, 1.54) is 0 Å². The highest BCUT2D eigenvalue weighted by molar-refractivity contribution is 14.1. The second-order valence-electron chi connectivity index (χ2n) is 6.06. The number of amides is 2. The van der Waals surface area contributed by atoms with E-state index in [2.05, 4.69) is 27.9 Å². The summed E-state index contributed by atoms with van der Waals surface area (Å²) in [4.78, 5) is 26.5. The molecule has 124 valence electrons. The number of rotatable bonds is 3. The Morgan fingerprint density at radius 3 is 2.57 bits per heavy atom. The van der Waals surface area contributed by atoms with Gasteiger partial charge in [-0.2, -0.15) is 0 Å². The molecule has 1 aromatic rings. The molecule has 23 heavy (non-hydrogen) atoms. The lowest BCUT2D eigenvalue weighted by Gasteiger charge is -2.33. The summed E-state index contributed by atoms with van der Waals surface area (Å²) in [5.74, 6) is 0.0868. The lowest BCUT2D eigenvalue weighted by molar-refractivity contribution is -0.131. The van der Waals surface area contributed by atoms with Gasteiger partial charge in [0, 0.05) is 29.3 Å². The molecule has 0 aromatic heterocycles. The largest absolute Gasteiger partial charge is 0.368 e. The van der Waals surface area contributed by atoms with E-state index < -0.39 is 0 Å². The standard InChI is InChI=1S/C17H21IN2O3/c18-14-5-2-1-4-13(14)17(22)20-9-7-12(8-10-20)19-16(21)15-6-3-11-23-15/h1-2,4-5,12,15H,3,6-11H2,(H,19,21). The summed E-state index contributed by atoms with van der Waals surface area (Å²) in [5.41, 5.74) is 0.759. The summed E-state index contributed by atoms with van der Waals surface area (Å²) < 4.78 is 6.39. The van der Waals surface area contributed by atoms with Crippen LogP contribution in [0, 0.1) is 3.57 Å². The number of likely N-dealkylation sites (tertiary alicyclic amines) is 1. The minimum absolute atomic E-state index is 0.00452. The fourth-order valence-corrected chi connectivity index (χ4v) is 3.73. The van der Waals surface area contributed by atoms with Crippen molar-refractivity contribution in [1.29, 1.82) is 0 Å². The molecule has 0 saturated carbocycles. The molecule has 1 aromatic carbocycles. The van der Waals surface area contributed by atoms with Crippen LogP contribution in [0.25, 0.3) is 0 Å². The van der Waals surface area contributed by atoms with Crippen LogP contribution in [-0.2, 0) is 9.53 Å². The fraction of sp³-hybridized carbons (Fsp3) is 0.529. The van der Waals surface area contributed by atoms with Gasteiger partial charge in [-0.25, -0.2) is 0 Å². The topological polar surface area (TPSA) is 58.6 Å². The van der Waals surface area contributed by atoms with Crippen molar-refractivity contribution in [1.82, 2.24) is 10.2 Å². The molecule has 2 aliphatic heterocycles. The average Bonchev–Trinajstić information content (AvgIpc) is 3.10. The van der Waals surface area contributed by atoms with Gasteiger partial charge in [0.25, 0.3) is 5.91 Å². The summed E-state index contributed by atoms with van der Waals surface area (Å²) in [5, 5.41) is 3.07. The zero-order valence-electron chi connectivity index (χ0n) is 13.0. The summed E-state index contributed by atoms with van der Waals surface area (Å²) in [6, 6.07) is 7.79. The number of ether oxygens (including phenoxy) is 1. The quantitative estimate of drug-likeness (QED) is 0.752. The van der Waals surface area contributed by atoms with Gasteiger partial charge in [0.15, 0.2) is 0 Å². The number of carbonyl (C=O) groups is 2. The minimum Gasteiger partial charge on any atom is -0.368 e. The molecule has 3 rings (SSSR count). The summed E-state index contributed by atoms with van der Waals surface area (Å²) in [6.07, 6.45) is 3.10. The molecule has 5 nitrogen and oxygen atoms in total. The lowest BCUT2D eigenvalue weighted by atomic mass is 10.0. The highest BCUT2D eigenvalue weighted by Gasteiger charge is 2.29. The van der Waals surface area contributed by atoms with Gasteiger partial charge < -0.3 is 15.0 Å². The van der Waals surface area contributed by atoms with E-state index >= 15 is 0 Å². The van der Waals surface area contributed by atoms with E-state index in [9.17, 15) is 9.59 Å². The van der Waals surface area contributed by atoms with E-state index in [0.29, 0.717) is 19.7 Å². The van der Waals surface area contributed by atoms with Crippen molar-refractivity contribution in [2.75, 3.05) is 19.7 Å². The normalized spacial score (nSPS) is 22.1. The Balaban J connectivity index is 1.51. The van der Waals surface area contributed by atoms with E-state index in [4.69, 9.17) is 4.74 Å². The molecule has 6 heteroatoms. The Labute approximate surface area is 149 Å². The number of halogens is 1. The summed E-state index contributed by atoms with van der Waals surface area (Å²) >= 11 is 2.19. The maximum absolute atomic E-state index is 12.6. The van der Waals surface area contributed by atoms with Crippen molar-refractivity contribution in [3.05, 3.63) is 33.4 Å². The van der Waals surface area contributed by atoms with Crippen LogP contribution in [0.5, 0.6) is 0 Å². The Hall–Kier alpha value is -1.15. The molecule has 0 radical (unpaired) electrons. The molecular formula is C17H21IN2O3. The first-order chi connectivity index (χ1) is 11.1. The van der Waals surface area contributed by atoms with Crippen LogP contribution >= 0.6 is 22.6 Å². The number of hydrogen-bond acceptors (Lipinski definition) is 3. The van der Waals surface area contributed by atoms with Crippen LogP contribution in [0.15, 0.2) is 24.3 Å². The number of benzene rings is 1. The van der Waals surface area contributed by atoms with Gasteiger partial charge in [-0.1, -0.05) is 12.1 Å². The van der Waals surface area contributed by atoms with Crippen molar-refractivity contribution in [3.8, 4) is 0 Å². The van der Waals surface area contributed by atoms with Gasteiger partial charge in [-0.15, -0.1) is 0 Å². The van der Waals surface area contributed by atoms with Gasteiger partial charge in [-0.3, -0.25) is 9.59 Å². The number of nitrogens with zero attached hydrogens (tertiary/aromatic N) is 1. The van der Waals surface area contributed by atoms with Crippen molar-refractivity contribution in [2.24, 2.45) is 0 Å². The van der Waals surface area contributed by atoms with Crippen molar-refractivity contribution in [3.63, 3.8) is 0 Å². The number of piperidine rings is 1. The third kappa shape index (κ3) is 4.03. The summed E-state index contributed by atoms with van der Waals surface area (Å²) in [6.45, 7) is 2.04. The van der Waals surface area contributed by atoms with Crippen molar-refractivity contribution in [2.45, 2.75) is 37.8 Å². The van der Waals surface area contributed by atoms with Gasteiger partial charge in [-0.05, 0) is 60.4 Å². The molecule has 0 bridgehead atoms. The fourth-order valence-electron chi connectivity index (χ4n) is 3.11. The SMILES string of the molecule is O=C(NC1CCN(C(=O)c2ccccc2I)CC1)C1CCCO1. The number of nitrogens with one attached hydrogen (secondary N) is 1. The van der Waals surface area contributed by atoms with Gasteiger partial charge in [0.1, 0.15) is 6.10 Å². The van der Waals surface area contributed by atoms with Crippen LogP contribution in [0.2, 0.25) is 0 Å². The Bertz CT molecular complexity index is 579. The van der Waals surface area contributed by atoms with Crippen molar-refractivity contribution >= 4 is 34.4 Å². The highest BCUT2D eigenvalue weighted by atomic mass is 127. The van der Waals surface area contributed by atoms with Gasteiger partial charge >= 0.3 is 0 Å².